The SMILES string of the molecule is Cc1noc2c1C(c1ccc(F)cc1)C(C(=O)O)=C(C(C)C)N2. The van der Waals surface area contributed by atoms with Gasteiger partial charge >= 0.3 is 5.97 Å². The maximum atomic E-state index is 13.3. The summed E-state index contributed by atoms with van der Waals surface area (Å²) in [4.78, 5) is 11.9. The minimum Gasteiger partial charge on any atom is -0.478 e. The molecule has 1 unspecified atom stereocenters. The summed E-state index contributed by atoms with van der Waals surface area (Å²) >= 11 is 0. The Labute approximate surface area is 132 Å². The third-order valence-corrected chi connectivity index (χ3v) is 4.04. The fraction of sp³-hybridized carbons (Fsp3) is 0.294. The summed E-state index contributed by atoms with van der Waals surface area (Å²) in [6, 6.07) is 5.85. The second kappa shape index (κ2) is 5.53. The van der Waals surface area contributed by atoms with Gasteiger partial charge in [0.25, 0.3) is 0 Å². The predicted molar refractivity (Wildman–Crippen MR) is 82.6 cm³/mol. The molecule has 1 atom stereocenters. The van der Waals surface area contributed by atoms with Crippen LogP contribution in [0.1, 0.15) is 36.6 Å². The van der Waals surface area contributed by atoms with Gasteiger partial charge in [0.1, 0.15) is 5.82 Å². The summed E-state index contributed by atoms with van der Waals surface area (Å²) in [7, 11) is 0. The van der Waals surface area contributed by atoms with Crippen LogP contribution in [-0.4, -0.2) is 16.2 Å². The number of aryl methyl sites for hydroxylation is 1. The largest absolute Gasteiger partial charge is 0.478 e. The average Bonchev–Trinajstić information content (AvgIpc) is 2.87. The molecular weight excluding hydrogens is 299 g/mol. The van der Waals surface area contributed by atoms with Crippen molar-refractivity contribution in [2.24, 2.45) is 5.92 Å². The molecule has 0 aliphatic carbocycles. The fourth-order valence-electron chi connectivity index (χ4n) is 2.98. The molecule has 0 spiro atoms. The zero-order valence-corrected chi connectivity index (χ0v) is 13.1. The molecule has 2 N–H and O–H groups in total. The van der Waals surface area contributed by atoms with E-state index < -0.39 is 11.9 Å². The van der Waals surface area contributed by atoms with Crippen LogP contribution in [0, 0.1) is 18.7 Å². The lowest BCUT2D eigenvalue weighted by molar-refractivity contribution is -0.133. The number of hydrogen-bond acceptors (Lipinski definition) is 4. The van der Waals surface area contributed by atoms with Crippen molar-refractivity contribution in [3.63, 3.8) is 0 Å². The van der Waals surface area contributed by atoms with Gasteiger partial charge in [0.15, 0.2) is 0 Å². The van der Waals surface area contributed by atoms with E-state index in [9.17, 15) is 14.3 Å². The fourth-order valence-corrected chi connectivity index (χ4v) is 2.98. The van der Waals surface area contributed by atoms with Gasteiger partial charge in [-0.2, -0.15) is 0 Å². The summed E-state index contributed by atoms with van der Waals surface area (Å²) in [5.74, 6) is -1.52. The van der Waals surface area contributed by atoms with Gasteiger partial charge in [-0.15, -0.1) is 0 Å². The number of benzene rings is 1. The highest BCUT2D eigenvalue weighted by Gasteiger charge is 2.38. The van der Waals surface area contributed by atoms with Crippen molar-refractivity contribution < 1.29 is 18.8 Å². The van der Waals surface area contributed by atoms with E-state index in [1.807, 2.05) is 13.8 Å². The monoisotopic (exact) mass is 316 g/mol. The number of carbonyl (C=O) groups is 1. The zero-order valence-electron chi connectivity index (χ0n) is 13.1. The summed E-state index contributed by atoms with van der Waals surface area (Å²) < 4.78 is 18.6. The minimum absolute atomic E-state index is 0.0393. The van der Waals surface area contributed by atoms with Crippen molar-refractivity contribution in [1.29, 1.82) is 0 Å². The number of halogens is 1. The number of allylic oxidation sites excluding steroid dienone is 1. The van der Waals surface area contributed by atoms with Crippen molar-refractivity contribution in [3.05, 3.63) is 58.2 Å². The highest BCUT2D eigenvalue weighted by molar-refractivity contribution is 5.93. The molecule has 3 rings (SSSR count). The second-order valence-corrected chi connectivity index (χ2v) is 5.91. The quantitative estimate of drug-likeness (QED) is 0.903. The number of fused-ring (bicyclic) bond motifs is 1. The number of rotatable bonds is 3. The molecule has 1 aromatic carbocycles. The average molecular weight is 316 g/mol. The Bertz CT molecular complexity index is 791. The second-order valence-electron chi connectivity index (χ2n) is 5.91. The molecule has 1 aliphatic rings. The molecule has 2 aromatic rings. The van der Waals surface area contributed by atoms with Gasteiger partial charge in [-0.05, 0) is 30.5 Å². The van der Waals surface area contributed by atoms with Gasteiger partial charge in [-0.25, -0.2) is 9.18 Å². The number of anilines is 1. The lowest BCUT2D eigenvalue weighted by Crippen LogP contribution is -2.25. The number of carboxylic acids is 1. The Morgan fingerprint density at radius 2 is 2.00 bits per heavy atom. The first-order valence-electron chi connectivity index (χ1n) is 7.36. The molecule has 0 radical (unpaired) electrons. The standard InChI is InChI=1S/C17H17FN2O3/c1-8(2)15-14(17(21)22)13(10-4-6-11(18)7-5-10)12-9(3)20-23-16(12)19-15/h4-8,13,19H,1-3H3,(H,21,22). The van der Waals surface area contributed by atoms with Crippen molar-refractivity contribution in [3.8, 4) is 0 Å². The van der Waals surface area contributed by atoms with Gasteiger partial charge in [0.05, 0.1) is 22.7 Å². The van der Waals surface area contributed by atoms with E-state index in [-0.39, 0.29) is 17.3 Å². The van der Waals surface area contributed by atoms with Crippen LogP contribution in [0.25, 0.3) is 0 Å². The minimum atomic E-state index is -1.01. The van der Waals surface area contributed by atoms with Crippen LogP contribution in [0.4, 0.5) is 10.3 Å². The number of aromatic nitrogens is 1. The van der Waals surface area contributed by atoms with Crippen LogP contribution in [0.3, 0.4) is 0 Å². The highest BCUT2D eigenvalue weighted by atomic mass is 19.1. The molecular formula is C17H17FN2O3. The predicted octanol–water partition coefficient (Wildman–Crippen LogP) is 3.67. The van der Waals surface area contributed by atoms with Gasteiger partial charge in [0.2, 0.25) is 5.88 Å². The van der Waals surface area contributed by atoms with Gasteiger partial charge in [-0.1, -0.05) is 31.1 Å². The topological polar surface area (TPSA) is 75.4 Å². The Hall–Kier alpha value is -2.63. The molecule has 1 aliphatic heterocycles. The number of aliphatic carboxylic acids is 1. The first-order chi connectivity index (χ1) is 10.9. The van der Waals surface area contributed by atoms with E-state index in [1.165, 1.54) is 12.1 Å². The Balaban J connectivity index is 2.27. The Kier molecular flexibility index (Phi) is 3.67. The number of nitrogens with one attached hydrogen (secondary N) is 1. The molecule has 120 valence electrons. The van der Waals surface area contributed by atoms with E-state index >= 15 is 0 Å². The molecule has 0 amide bonds. The summed E-state index contributed by atoms with van der Waals surface area (Å²) in [5.41, 5.74) is 2.80. The molecule has 0 saturated heterocycles. The van der Waals surface area contributed by atoms with Crippen molar-refractivity contribution >= 4 is 11.9 Å². The van der Waals surface area contributed by atoms with E-state index in [2.05, 4.69) is 10.5 Å². The molecule has 6 heteroatoms. The third kappa shape index (κ3) is 2.50. The summed E-state index contributed by atoms with van der Waals surface area (Å²) in [6.45, 7) is 5.57. The van der Waals surface area contributed by atoms with E-state index in [4.69, 9.17) is 4.52 Å². The highest BCUT2D eigenvalue weighted by Crippen LogP contribution is 2.44. The Morgan fingerprint density at radius 1 is 1.35 bits per heavy atom. The first-order valence-corrected chi connectivity index (χ1v) is 7.36. The van der Waals surface area contributed by atoms with Crippen LogP contribution in [-0.2, 0) is 4.79 Å². The lowest BCUT2D eigenvalue weighted by Gasteiger charge is -2.28. The van der Waals surface area contributed by atoms with Crippen molar-refractivity contribution in [2.45, 2.75) is 26.7 Å². The first kappa shape index (κ1) is 15.3. The smallest absolute Gasteiger partial charge is 0.334 e. The number of hydrogen-bond donors (Lipinski definition) is 2. The van der Waals surface area contributed by atoms with Crippen molar-refractivity contribution in [1.82, 2.24) is 5.16 Å². The molecule has 2 heterocycles. The molecule has 23 heavy (non-hydrogen) atoms. The van der Waals surface area contributed by atoms with Gasteiger partial charge in [-0.3, -0.25) is 0 Å². The number of carboxylic acid groups (broad SMARTS) is 1. The lowest BCUT2D eigenvalue weighted by atomic mass is 9.80. The maximum absolute atomic E-state index is 13.3. The van der Waals surface area contributed by atoms with E-state index in [0.29, 0.717) is 28.4 Å². The molecule has 1 aromatic heterocycles. The molecule has 5 nitrogen and oxygen atoms in total. The molecule has 0 bridgehead atoms. The van der Waals surface area contributed by atoms with Crippen molar-refractivity contribution in [2.75, 3.05) is 5.32 Å². The summed E-state index contributed by atoms with van der Waals surface area (Å²) in [5, 5.41) is 16.8. The maximum Gasteiger partial charge on any atom is 0.334 e. The van der Waals surface area contributed by atoms with Crippen LogP contribution >= 0.6 is 0 Å². The van der Waals surface area contributed by atoms with Crippen LogP contribution in [0.5, 0.6) is 0 Å². The van der Waals surface area contributed by atoms with Gasteiger partial charge in [0, 0.05) is 5.70 Å². The van der Waals surface area contributed by atoms with E-state index in [0.717, 1.165) is 0 Å². The summed E-state index contributed by atoms with van der Waals surface area (Å²) in [6.07, 6.45) is 0. The normalized spacial score (nSPS) is 17.2. The van der Waals surface area contributed by atoms with Crippen LogP contribution < -0.4 is 5.32 Å². The third-order valence-electron chi connectivity index (χ3n) is 4.04. The Morgan fingerprint density at radius 3 is 2.57 bits per heavy atom. The van der Waals surface area contributed by atoms with Crippen LogP contribution in [0.2, 0.25) is 0 Å². The van der Waals surface area contributed by atoms with Gasteiger partial charge < -0.3 is 14.9 Å². The zero-order chi connectivity index (χ0) is 16.7. The van der Waals surface area contributed by atoms with E-state index in [1.54, 1.807) is 19.1 Å². The molecule has 0 fully saturated rings. The number of nitrogens with zero attached hydrogens (tertiary/aromatic N) is 1. The molecule has 0 saturated carbocycles. The van der Waals surface area contributed by atoms with Crippen LogP contribution in [0.15, 0.2) is 40.1 Å².